The first kappa shape index (κ1) is 15.8. The lowest BCUT2D eigenvalue weighted by molar-refractivity contribution is -0.141. The molecule has 1 aliphatic rings. The second-order valence-corrected chi connectivity index (χ2v) is 4.99. The average Bonchev–Trinajstić information content (AvgIpc) is 2.62. The summed E-state index contributed by atoms with van der Waals surface area (Å²) in [5.74, 6) is -3.78. The Kier molecular flexibility index (Phi) is 4.00. The highest BCUT2D eigenvalue weighted by Crippen LogP contribution is 2.43. The summed E-state index contributed by atoms with van der Waals surface area (Å²) in [6.07, 6.45) is -6.02. The Bertz CT molecular complexity index is 639. The number of hydrogen-bond donors (Lipinski definition) is 3. The fourth-order valence-electron chi connectivity index (χ4n) is 2.26. The Hall–Kier alpha value is -1.58. The van der Waals surface area contributed by atoms with Crippen molar-refractivity contribution in [3.63, 3.8) is 0 Å². The van der Waals surface area contributed by atoms with Crippen LogP contribution in [0.2, 0.25) is 0 Å². The predicted molar refractivity (Wildman–Crippen MR) is 67.2 cm³/mol. The molecular formula is C12H16F2N2O5. The average molecular weight is 306 g/mol. The van der Waals surface area contributed by atoms with E-state index in [4.69, 9.17) is 4.74 Å². The molecule has 2 rings (SSSR count). The van der Waals surface area contributed by atoms with E-state index < -0.39 is 41.7 Å². The van der Waals surface area contributed by atoms with Gasteiger partial charge in [0.25, 0.3) is 5.56 Å². The van der Waals surface area contributed by atoms with Crippen molar-refractivity contribution < 1.29 is 23.7 Å². The van der Waals surface area contributed by atoms with Crippen molar-refractivity contribution in [3.8, 4) is 0 Å². The first-order valence-corrected chi connectivity index (χ1v) is 6.43. The molecule has 4 atom stereocenters. The van der Waals surface area contributed by atoms with Crippen LogP contribution in [0.15, 0.2) is 15.8 Å². The van der Waals surface area contributed by atoms with E-state index in [1.54, 1.807) is 6.92 Å². The van der Waals surface area contributed by atoms with Crippen LogP contribution in [0, 0.1) is 0 Å². The molecule has 1 unspecified atom stereocenters. The maximum absolute atomic E-state index is 14.1. The minimum atomic E-state index is -3.78. The second-order valence-electron chi connectivity index (χ2n) is 4.99. The van der Waals surface area contributed by atoms with E-state index in [-0.39, 0.29) is 12.0 Å². The lowest BCUT2D eigenvalue weighted by Gasteiger charge is -2.21. The standard InChI is InChI=1S/C12H16F2N2O5/c1-3-6-4-16(11(20)15-9(6)19)10-12(13,14)8(18)7(21-10)5(2)17/h4-5,7-8,10,17-18H,3H2,1-2H3,(H,15,19,20)/t5?,7-,8-,10-/m1/s1. The number of aromatic nitrogens is 2. The summed E-state index contributed by atoms with van der Waals surface area (Å²) < 4.78 is 33.6. The third-order valence-electron chi connectivity index (χ3n) is 3.47. The van der Waals surface area contributed by atoms with E-state index >= 15 is 0 Å². The molecule has 0 amide bonds. The van der Waals surface area contributed by atoms with Crippen LogP contribution >= 0.6 is 0 Å². The van der Waals surface area contributed by atoms with Crippen molar-refractivity contribution in [1.29, 1.82) is 0 Å². The van der Waals surface area contributed by atoms with Gasteiger partial charge < -0.3 is 14.9 Å². The third-order valence-corrected chi connectivity index (χ3v) is 3.47. The van der Waals surface area contributed by atoms with Gasteiger partial charge in [0.05, 0.1) is 6.10 Å². The van der Waals surface area contributed by atoms with Gasteiger partial charge in [-0.1, -0.05) is 6.92 Å². The quantitative estimate of drug-likeness (QED) is 0.690. The molecule has 118 valence electrons. The molecule has 0 bridgehead atoms. The Morgan fingerprint density at radius 3 is 2.62 bits per heavy atom. The van der Waals surface area contributed by atoms with Crippen LogP contribution in [-0.2, 0) is 11.2 Å². The van der Waals surface area contributed by atoms with Crippen molar-refractivity contribution in [2.45, 2.75) is 50.7 Å². The first-order chi connectivity index (χ1) is 9.70. The number of ether oxygens (including phenoxy) is 1. The summed E-state index contributed by atoms with van der Waals surface area (Å²) in [5, 5.41) is 18.9. The van der Waals surface area contributed by atoms with Crippen molar-refractivity contribution in [2.75, 3.05) is 0 Å². The van der Waals surface area contributed by atoms with Crippen LogP contribution in [0.25, 0.3) is 0 Å². The minimum absolute atomic E-state index is 0.129. The molecular weight excluding hydrogens is 290 g/mol. The number of aromatic amines is 1. The zero-order chi connectivity index (χ0) is 15.9. The van der Waals surface area contributed by atoms with E-state index in [1.807, 2.05) is 4.98 Å². The minimum Gasteiger partial charge on any atom is -0.391 e. The van der Waals surface area contributed by atoms with Crippen LogP contribution in [0.1, 0.15) is 25.6 Å². The summed E-state index contributed by atoms with van der Waals surface area (Å²) in [5.41, 5.74) is -1.60. The Morgan fingerprint density at radius 2 is 2.14 bits per heavy atom. The van der Waals surface area contributed by atoms with E-state index in [1.165, 1.54) is 6.92 Å². The number of H-pyrrole nitrogens is 1. The normalized spacial score (nSPS) is 29.5. The summed E-state index contributed by atoms with van der Waals surface area (Å²) >= 11 is 0. The van der Waals surface area contributed by atoms with Gasteiger partial charge in [-0.15, -0.1) is 0 Å². The van der Waals surface area contributed by atoms with Gasteiger partial charge >= 0.3 is 11.6 Å². The lowest BCUT2D eigenvalue weighted by atomic mass is 10.1. The molecule has 0 saturated carbocycles. The monoisotopic (exact) mass is 306 g/mol. The second kappa shape index (κ2) is 5.32. The van der Waals surface area contributed by atoms with Crippen molar-refractivity contribution in [3.05, 3.63) is 32.6 Å². The number of aliphatic hydroxyl groups is 2. The largest absolute Gasteiger partial charge is 0.391 e. The van der Waals surface area contributed by atoms with Gasteiger partial charge in [0.2, 0.25) is 6.23 Å². The predicted octanol–water partition coefficient (Wildman–Crippen LogP) is -0.627. The molecule has 0 aliphatic carbocycles. The Morgan fingerprint density at radius 1 is 1.52 bits per heavy atom. The smallest absolute Gasteiger partial charge is 0.330 e. The molecule has 1 aromatic rings. The fraction of sp³-hybridized carbons (Fsp3) is 0.667. The van der Waals surface area contributed by atoms with Gasteiger partial charge in [0.15, 0.2) is 6.10 Å². The number of aryl methyl sites for hydroxylation is 1. The van der Waals surface area contributed by atoms with Gasteiger partial charge in [0, 0.05) is 11.8 Å². The van der Waals surface area contributed by atoms with Crippen molar-refractivity contribution in [1.82, 2.24) is 9.55 Å². The summed E-state index contributed by atoms with van der Waals surface area (Å²) in [7, 11) is 0. The molecule has 7 nitrogen and oxygen atoms in total. The summed E-state index contributed by atoms with van der Waals surface area (Å²) in [6, 6.07) is 0. The van der Waals surface area contributed by atoms with Crippen molar-refractivity contribution in [2.24, 2.45) is 0 Å². The SMILES string of the molecule is CCc1cn([C@@H]2O[C@H](C(C)O)[C@@H](O)C2(F)F)c(=O)[nH]c1=O. The van der Waals surface area contributed by atoms with Gasteiger partial charge in [-0.3, -0.25) is 14.3 Å². The van der Waals surface area contributed by atoms with E-state index in [0.717, 1.165) is 6.20 Å². The van der Waals surface area contributed by atoms with E-state index in [2.05, 4.69) is 0 Å². The van der Waals surface area contributed by atoms with Crippen LogP contribution in [0.4, 0.5) is 8.78 Å². The zero-order valence-electron chi connectivity index (χ0n) is 11.4. The van der Waals surface area contributed by atoms with Gasteiger partial charge in [-0.25, -0.2) is 4.79 Å². The maximum Gasteiger partial charge on any atom is 0.330 e. The lowest BCUT2D eigenvalue weighted by Crippen LogP contribution is -2.44. The van der Waals surface area contributed by atoms with Gasteiger partial charge in [-0.05, 0) is 13.3 Å². The van der Waals surface area contributed by atoms with E-state index in [0.29, 0.717) is 4.57 Å². The highest BCUT2D eigenvalue weighted by atomic mass is 19.3. The van der Waals surface area contributed by atoms with E-state index in [9.17, 15) is 28.6 Å². The molecule has 0 spiro atoms. The number of aliphatic hydroxyl groups excluding tert-OH is 2. The number of nitrogens with zero attached hydrogens (tertiary/aromatic N) is 1. The fourth-order valence-corrected chi connectivity index (χ4v) is 2.26. The first-order valence-electron chi connectivity index (χ1n) is 6.43. The summed E-state index contributed by atoms with van der Waals surface area (Å²) in [6.45, 7) is 2.82. The number of hydrogen-bond acceptors (Lipinski definition) is 5. The topological polar surface area (TPSA) is 105 Å². The molecule has 9 heteroatoms. The number of alkyl halides is 2. The zero-order valence-corrected chi connectivity index (χ0v) is 11.4. The van der Waals surface area contributed by atoms with Crippen molar-refractivity contribution >= 4 is 0 Å². The summed E-state index contributed by atoms with van der Waals surface area (Å²) in [4.78, 5) is 25.1. The molecule has 0 radical (unpaired) electrons. The molecule has 2 heterocycles. The molecule has 1 fully saturated rings. The highest BCUT2D eigenvalue weighted by Gasteiger charge is 2.60. The van der Waals surface area contributed by atoms with Crippen LogP contribution in [0.3, 0.4) is 0 Å². The Balaban J connectivity index is 2.52. The Labute approximate surface area is 117 Å². The molecule has 21 heavy (non-hydrogen) atoms. The maximum atomic E-state index is 14.1. The molecule has 1 aliphatic heterocycles. The third kappa shape index (κ3) is 2.52. The number of halogens is 2. The number of rotatable bonds is 3. The highest BCUT2D eigenvalue weighted by molar-refractivity contribution is 5.07. The molecule has 0 aromatic carbocycles. The molecule has 1 aromatic heterocycles. The van der Waals surface area contributed by atoms with Gasteiger partial charge in [-0.2, -0.15) is 8.78 Å². The van der Waals surface area contributed by atoms with Crippen LogP contribution < -0.4 is 11.2 Å². The van der Waals surface area contributed by atoms with Crippen LogP contribution in [-0.4, -0.2) is 44.0 Å². The van der Waals surface area contributed by atoms with Gasteiger partial charge in [0.1, 0.15) is 6.10 Å². The molecule has 3 N–H and O–H groups in total. The molecule has 1 saturated heterocycles. The van der Waals surface area contributed by atoms with Crippen LogP contribution in [0.5, 0.6) is 0 Å². The number of nitrogens with one attached hydrogen (secondary N) is 1.